The molecule has 0 bridgehead atoms. The number of nitrogens with one attached hydrogen (secondary N) is 5. The normalized spacial score (nSPS) is 33.7. The number of nitriles is 1. The summed E-state index contributed by atoms with van der Waals surface area (Å²) in [5.41, 5.74) is 10.3. The molecule has 0 aromatic heterocycles. The number of halogens is 1. The molecular formula is C50H74ClN10O3S+. The average molecular weight is 931 g/mol. The highest BCUT2D eigenvalue weighted by Gasteiger charge is 2.64. The Balaban J connectivity index is 0.935. The number of carbonyl (C=O) groups is 2. The van der Waals surface area contributed by atoms with Crippen molar-refractivity contribution in [3.8, 4) is 11.8 Å². The lowest BCUT2D eigenvalue weighted by atomic mass is 9.49. The van der Waals surface area contributed by atoms with Gasteiger partial charge in [0.15, 0.2) is 0 Å². The van der Waals surface area contributed by atoms with E-state index in [1.54, 1.807) is 18.2 Å². The number of carbonyl (C=O) groups excluding carboxylic acids is 2. The second-order valence-corrected chi connectivity index (χ2v) is 23.1. The molecule has 2 aromatic rings. The Morgan fingerprint density at radius 2 is 1.75 bits per heavy atom. The van der Waals surface area contributed by atoms with E-state index in [1.807, 2.05) is 18.7 Å². The first kappa shape index (κ1) is 48.2. The highest BCUT2D eigenvalue weighted by atomic mass is 35.5. The summed E-state index contributed by atoms with van der Waals surface area (Å²) in [4.78, 5) is 37.9. The van der Waals surface area contributed by atoms with Gasteiger partial charge >= 0.3 is 0 Å². The number of benzene rings is 2. The van der Waals surface area contributed by atoms with Gasteiger partial charge in [-0.3, -0.25) is 29.3 Å². The number of hydrogen-bond donors (Lipinski definition) is 5. The molecule has 15 heteroatoms. The Hall–Kier alpha value is -3.26. The number of hydrazine groups is 1. The highest BCUT2D eigenvalue weighted by Crippen LogP contribution is 2.56. The summed E-state index contributed by atoms with van der Waals surface area (Å²) in [7, 11) is 2.25. The summed E-state index contributed by atoms with van der Waals surface area (Å²) in [6, 6.07) is 16.1. The Morgan fingerprint density at radius 3 is 2.42 bits per heavy atom. The maximum atomic E-state index is 14.4. The first-order valence-corrected chi connectivity index (χ1v) is 25.6. The predicted octanol–water partition coefficient (Wildman–Crippen LogP) is 6.07. The van der Waals surface area contributed by atoms with E-state index >= 15 is 0 Å². The van der Waals surface area contributed by atoms with E-state index in [0.717, 1.165) is 48.4 Å². The smallest absolute Gasteiger partial charge is 0.230 e. The molecule has 2 aromatic carbocycles. The second kappa shape index (κ2) is 19.4. The van der Waals surface area contributed by atoms with Crippen LogP contribution in [0.4, 0.5) is 0 Å². The molecule has 1 spiro atoms. The number of hydrogen-bond acceptors (Lipinski definition) is 11. The molecule has 354 valence electrons. The van der Waals surface area contributed by atoms with Crippen molar-refractivity contribution in [1.82, 2.24) is 36.6 Å². The number of ether oxygens (including phenoxy) is 1. The Labute approximate surface area is 397 Å². The van der Waals surface area contributed by atoms with Crippen LogP contribution in [-0.4, -0.2) is 126 Å². The Bertz CT molecular complexity index is 2110. The third-order valence-electron chi connectivity index (χ3n) is 16.1. The van der Waals surface area contributed by atoms with Gasteiger partial charge in [0, 0.05) is 59.5 Å². The Morgan fingerprint density at radius 1 is 1.05 bits per heavy atom. The number of rotatable bonds is 12. The number of amides is 2. The van der Waals surface area contributed by atoms with Gasteiger partial charge in [-0.1, -0.05) is 77.4 Å². The molecule has 13 nitrogen and oxygen atoms in total. The third kappa shape index (κ3) is 9.35. The zero-order valence-corrected chi connectivity index (χ0v) is 41.7. The molecule has 2 amide bonds. The van der Waals surface area contributed by atoms with Crippen LogP contribution in [-0.2, 0) is 16.0 Å². The number of thioether (sulfide) groups is 1. The minimum Gasteiger partial charge on any atom is -0.489 e. The molecule has 0 radical (unpaired) electrons. The molecule has 8 unspecified atom stereocenters. The van der Waals surface area contributed by atoms with Gasteiger partial charge in [0.2, 0.25) is 18.1 Å². The van der Waals surface area contributed by atoms with Crippen molar-refractivity contribution in [3.63, 3.8) is 0 Å². The van der Waals surface area contributed by atoms with Crippen molar-refractivity contribution < 1.29 is 18.8 Å². The van der Waals surface area contributed by atoms with Crippen LogP contribution in [0.3, 0.4) is 0 Å². The topological polar surface area (TPSA) is 146 Å². The minimum atomic E-state index is -0.324. The molecule has 5 heterocycles. The van der Waals surface area contributed by atoms with Gasteiger partial charge < -0.3 is 15.4 Å². The number of quaternary nitrogens is 1. The van der Waals surface area contributed by atoms with E-state index in [4.69, 9.17) is 21.3 Å². The van der Waals surface area contributed by atoms with Crippen LogP contribution in [0, 0.1) is 39.9 Å². The van der Waals surface area contributed by atoms with Crippen molar-refractivity contribution in [2.24, 2.45) is 33.6 Å². The number of likely N-dealkylation sites (N-methyl/N-ethyl adjacent to an activating group) is 1. The van der Waals surface area contributed by atoms with Gasteiger partial charge in [-0.25, -0.2) is 15.8 Å². The zero-order valence-electron chi connectivity index (χ0n) is 40.1. The molecule has 5 N–H and O–H groups in total. The van der Waals surface area contributed by atoms with Crippen LogP contribution in [0.1, 0.15) is 104 Å². The molecule has 4 saturated heterocycles. The van der Waals surface area contributed by atoms with Gasteiger partial charge in [0.05, 0.1) is 66.3 Å². The first-order chi connectivity index (χ1) is 31.0. The molecular weight excluding hydrogens is 856 g/mol. The minimum absolute atomic E-state index is 0.0353. The quantitative estimate of drug-likeness (QED) is 0.159. The van der Waals surface area contributed by atoms with E-state index in [2.05, 4.69) is 122 Å². The maximum absolute atomic E-state index is 14.4. The van der Waals surface area contributed by atoms with E-state index in [-0.39, 0.29) is 76.7 Å². The van der Waals surface area contributed by atoms with E-state index in [9.17, 15) is 14.9 Å². The number of nitrogens with zero attached hydrogens (tertiary/aromatic N) is 5. The zero-order chi connectivity index (χ0) is 46.4. The lowest BCUT2D eigenvalue weighted by Crippen LogP contribution is -2.77. The van der Waals surface area contributed by atoms with Crippen molar-refractivity contribution in [1.29, 1.82) is 5.26 Å². The number of fused-ring (bicyclic) bond motifs is 3. The largest absolute Gasteiger partial charge is 0.489 e. The SMILES string of the molecule is CCNC(=O)C[C@@H]1N=C(c2ccc(CCN(C)C3NCC(C(=O)NC4C(C)(C)C(Oc5ccc(C#N)c(Cl)c5)C4(C)C)C[N+]34CCCCCC4)cc2)C2C(C)C(C)SC2N2C(C)NNC12. The van der Waals surface area contributed by atoms with E-state index < -0.39 is 0 Å². The van der Waals surface area contributed by atoms with Crippen LogP contribution in [0.2, 0.25) is 5.02 Å². The van der Waals surface area contributed by atoms with E-state index in [0.29, 0.717) is 47.0 Å². The standard InChI is InChI=1S/C50H73ClN10O3S/c1-10-53-40(62)26-39-43-58-57-32(4)60(43)45-41(30(2)31(3)65-45)42(55-39)34-17-15-33(16-18-34)21-22-59(9)48-54-28-36(29-61(48)23-13-11-12-14-24-61)44(63)56-46-49(5,6)47(50(46,7)8)64-37-20-19-35(27-52)38(51)25-37/h15-20,25,30-32,36,39,41,43,45-48,54,57-58H,10-14,21-24,26,28-29H2,1-9H3,(H-,53,56,62,63)/p+1/t30?,31?,32?,36?,39-,41?,43?,45?,46?,47?,48?/m0/s1. The third-order valence-corrected chi connectivity index (χ3v) is 18.0. The fraction of sp³-hybridized carbons (Fsp3) is 0.680. The van der Waals surface area contributed by atoms with Crippen LogP contribution in [0.5, 0.6) is 5.75 Å². The first-order valence-electron chi connectivity index (χ1n) is 24.3. The molecule has 65 heavy (non-hydrogen) atoms. The fourth-order valence-electron chi connectivity index (χ4n) is 12.8. The van der Waals surface area contributed by atoms with Crippen molar-refractivity contribution >= 4 is 40.9 Å². The van der Waals surface area contributed by atoms with Crippen molar-refractivity contribution in [3.05, 3.63) is 64.2 Å². The lowest BCUT2D eigenvalue weighted by molar-refractivity contribution is -0.970. The summed E-state index contributed by atoms with van der Waals surface area (Å²) in [5, 5.41) is 20.9. The second-order valence-electron chi connectivity index (χ2n) is 21.2. The van der Waals surface area contributed by atoms with E-state index in [1.165, 1.54) is 31.2 Å². The summed E-state index contributed by atoms with van der Waals surface area (Å²) in [6.07, 6.45) is 6.09. The summed E-state index contributed by atoms with van der Waals surface area (Å²) < 4.78 is 7.42. The molecule has 6 aliphatic rings. The fourth-order valence-corrected chi connectivity index (χ4v) is 14.8. The van der Waals surface area contributed by atoms with Crippen LogP contribution >= 0.6 is 23.4 Å². The molecule has 5 aliphatic heterocycles. The Kier molecular flexibility index (Phi) is 14.4. The molecule has 1 saturated carbocycles. The van der Waals surface area contributed by atoms with Crippen LogP contribution in [0.15, 0.2) is 47.5 Å². The maximum Gasteiger partial charge on any atom is 0.230 e. The van der Waals surface area contributed by atoms with Crippen molar-refractivity contribution in [2.75, 3.05) is 46.3 Å². The monoisotopic (exact) mass is 930 g/mol. The summed E-state index contributed by atoms with van der Waals surface area (Å²) >= 11 is 8.39. The molecule has 5 fully saturated rings. The van der Waals surface area contributed by atoms with Gasteiger partial charge in [-0.05, 0) is 82.2 Å². The molecule has 9 atom stereocenters. The summed E-state index contributed by atoms with van der Waals surface area (Å²) in [5.74, 6) is 1.32. The highest BCUT2D eigenvalue weighted by molar-refractivity contribution is 8.00. The van der Waals surface area contributed by atoms with Gasteiger partial charge in [-0.2, -0.15) is 5.26 Å². The van der Waals surface area contributed by atoms with Crippen LogP contribution < -0.4 is 31.5 Å². The predicted molar refractivity (Wildman–Crippen MR) is 260 cm³/mol. The van der Waals surface area contributed by atoms with Crippen molar-refractivity contribution in [2.45, 2.75) is 141 Å². The number of aliphatic imine (C=N–C) groups is 1. The van der Waals surface area contributed by atoms with Gasteiger partial charge in [-0.15, -0.1) is 11.8 Å². The van der Waals surface area contributed by atoms with Crippen LogP contribution in [0.25, 0.3) is 0 Å². The lowest BCUT2D eigenvalue weighted by Gasteiger charge is -2.63. The molecule has 8 rings (SSSR count). The summed E-state index contributed by atoms with van der Waals surface area (Å²) in [6.45, 7) is 22.6. The molecule has 1 aliphatic carbocycles. The van der Waals surface area contributed by atoms with Gasteiger partial charge in [0.1, 0.15) is 17.9 Å². The average Bonchev–Trinajstić information content (AvgIpc) is 3.64. The van der Waals surface area contributed by atoms with Gasteiger partial charge in [0.25, 0.3) is 0 Å².